The topological polar surface area (TPSA) is 63.6 Å². The van der Waals surface area contributed by atoms with Crippen LogP contribution in [-0.2, 0) is 14.3 Å². The summed E-state index contributed by atoms with van der Waals surface area (Å²) in [7, 11) is 1.42. The second-order valence-electron chi connectivity index (χ2n) is 3.40. The number of hydrogen-bond acceptors (Lipinski definition) is 3. The van der Waals surface area contributed by atoms with E-state index in [2.05, 4.69) is 0 Å². The highest BCUT2D eigenvalue weighted by Crippen LogP contribution is 2.23. The highest BCUT2D eigenvalue weighted by atomic mass is 16.5. The number of Topliss-reactive ketones (excluding diaryl/α,β-unsaturated/α-hetero) is 1. The zero-order chi connectivity index (χ0) is 11.4. The third-order valence-electron chi connectivity index (χ3n) is 2.38. The number of allylic oxidation sites excluding steroid dienone is 3. The summed E-state index contributed by atoms with van der Waals surface area (Å²) in [6, 6.07) is 0. The fourth-order valence-electron chi connectivity index (χ4n) is 1.65. The van der Waals surface area contributed by atoms with Crippen LogP contribution < -0.4 is 0 Å². The van der Waals surface area contributed by atoms with Gasteiger partial charge in [-0.3, -0.25) is 4.79 Å². The number of ether oxygens (including phenoxy) is 1. The summed E-state index contributed by atoms with van der Waals surface area (Å²) in [6.07, 6.45) is 5.06. The highest BCUT2D eigenvalue weighted by Gasteiger charge is 2.32. The summed E-state index contributed by atoms with van der Waals surface area (Å²) in [6.45, 7) is 1.85. The van der Waals surface area contributed by atoms with Crippen molar-refractivity contribution in [2.45, 2.75) is 19.4 Å². The fraction of sp³-hybridized carbons (Fsp3) is 0.455. The van der Waals surface area contributed by atoms with Gasteiger partial charge in [-0.15, -0.1) is 0 Å². The minimum Gasteiger partial charge on any atom is -0.478 e. The van der Waals surface area contributed by atoms with Crippen LogP contribution in [0.1, 0.15) is 13.3 Å². The van der Waals surface area contributed by atoms with E-state index in [1.165, 1.54) is 13.2 Å². The largest absolute Gasteiger partial charge is 0.478 e. The SMILES string of the molecule is CC=CC1C=C(C(=O)O)C(=O)C(OC)C1. The van der Waals surface area contributed by atoms with Crippen LogP contribution in [-0.4, -0.2) is 30.1 Å². The minimum absolute atomic E-state index is 0.0382. The fourth-order valence-corrected chi connectivity index (χ4v) is 1.65. The molecule has 0 heterocycles. The molecule has 0 bridgehead atoms. The summed E-state index contributed by atoms with van der Waals surface area (Å²) >= 11 is 0. The van der Waals surface area contributed by atoms with E-state index < -0.39 is 17.9 Å². The first-order valence-electron chi connectivity index (χ1n) is 4.75. The van der Waals surface area contributed by atoms with Gasteiger partial charge in [0.25, 0.3) is 0 Å². The molecule has 0 saturated heterocycles. The maximum Gasteiger partial charge on any atom is 0.339 e. The van der Waals surface area contributed by atoms with E-state index in [1.54, 1.807) is 0 Å². The monoisotopic (exact) mass is 210 g/mol. The van der Waals surface area contributed by atoms with Gasteiger partial charge in [0.2, 0.25) is 0 Å². The third-order valence-corrected chi connectivity index (χ3v) is 2.38. The van der Waals surface area contributed by atoms with Crippen molar-refractivity contribution in [3.05, 3.63) is 23.8 Å². The Bertz CT molecular complexity index is 327. The van der Waals surface area contributed by atoms with Gasteiger partial charge in [-0.2, -0.15) is 0 Å². The Balaban J connectivity index is 3.00. The number of carboxylic acids is 1. The van der Waals surface area contributed by atoms with E-state index in [1.807, 2.05) is 19.1 Å². The molecule has 2 atom stereocenters. The molecule has 1 rings (SSSR count). The zero-order valence-corrected chi connectivity index (χ0v) is 8.77. The second-order valence-corrected chi connectivity index (χ2v) is 3.40. The van der Waals surface area contributed by atoms with E-state index in [4.69, 9.17) is 9.84 Å². The molecule has 0 aromatic heterocycles. The lowest BCUT2D eigenvalue weighted by Crippen LogP contribution is -2.33. The number of carbonyl (C=O) groups is 2. The first-order chi connectivity index (χ1) is 7.10. The average Bonchev–Trinajstić information content (AvgIpc) is 2.20. The number of rotatable bonds is 3. The molecule has 4 heteroatoms. The number of methoxy groups -OCH3 is 1. The molecule has 1 aliphatic rings. The lowest BCUT2D eigenvalue weighted by molar-refractivity contribution is -0.137. The van der Waals surface area contributed by atoms with Crippen LogP contribution in [0, 0.1) is 5.92 Å². The maximum atomic E-state index is 11.5. The van der Waals surface area contributed by atoms with Crippen molar-refractivity contribution in [3.8, 4) is 0 Å². The Morgan fingerprint density at radius 3 is 2.80 bits per heavy atom. The Kier molecular flexibility index (Phi) is 3.80. The smallest absolute Gasteiger partial charge is 0.339 e. The molecular formula is C11H14O4. The van der Waals surface area contributed by atoms with Crippen LogP contribution in [0.3, 0.4) is 0 Å². The Morgan fingerprint density at radius 1 is 1.67 bits per heavy atom. The van der Waals surface area contributed by atoms with Gasteiger partial charge in [0, 0.05) is 7.11 Å². The third kappa shape index (κ3) is 2.53. The van der Waals surface area contributed by atoms with E-state index in [9.17, 15) is 9.59 Å². The molecule has 0 aliphatic heterocycles. The van der Waals surface area contributed by atoms with Crippen LogP contribution in [0.4, 0.5) is 0 Å². The van der Waals surface area contributed by atoms with Crippen LogP contribution in [0.15, 0.2) is 23.8 Å². The van der Waals surface area contributed by atoms with Crippen LogP contribution >= 0.6 is 0 Å². The number of carboxylic acid groups (broad SMARTS) is 1. The zero-order valence-electron chi connectivity index (χ0n) is 8.77. The molecule has 0 amide bonds. The van der Waals surface area contributed by atoms with Gasteiger partial charge < -0.3 is 9.84 Å². The van der Waals surface area contributed by atoms with Crippen molar-refractivity contribution < 1.29 is 19.4 Å². The van der Waals surface area contributed by atoms with Crippen molar-refractivity contribution in [1.29, 1.82) is 0 Å². The Labute approximate surface area is 88.2 Å². The van der Waals surface area contributed by atoms with Crippen LogP contribution in [0.2, 0.25) is 0 Å². The predicted molar refractivity (Wildman–Crippen MR) is 54.4 cm³/mol. The molecule has 0 radical (unpaired) electrons. The molecule has 0 spiro atoms. The molecule has 0 fully saturated rings. The maximum absolute atomic E-state index is 11.5. The van der Waals surface area contributed by atoms with Gasteiger partial charge in [-0.25, -0.2) is 4.79 Å². The van der Waals surface area contributed by atoms with Crippen molar-refractivity contribution in [3.63, 3.8) is 0 Å². The average molecular weight is 210 g/mol. The molecule has 0 aromatic carbocycles. The van der Waals surface area contributed by atoms with Crippen molar-refractivity contribution in [1.82, 2.24) is 0 Å². The summed E-state index contributed by atoms with van der Waals surface area (Å²) in [5, 5.41) is 8.84. The molecule has 82 valence electrons. The number of carbonyl (C=O) groups excluding carboxylic acids is 1. The van der Waals surface area contributed by atoms with E-state index >= 15 is 0 Å². The van der Waals surface area contributed by atoms with Crippen LogP contribution in [0.25, 0.3) is 0 Å². The highest BCUT2D eigenvalue weighted by molar-refractivity contribution is 6.18. The number of ketones is 1. The van der Waals surface area contributed by atoms with Gasteiger partial charge in [0.05, 0.1) is 0 Å². The first kappa shape index (κ1) is 11.7. The second kappa shape index (κ2) is 4.89. The molecule has 15 heavy (non-hydrogen) atoms. The number of aliphatic carboxylic acids is 1. The molecule has 2 unspecified atom stereocenters. The predicted octanol–water partition coefficient (Wildman–Crippen LogP) is 1.18. The molecule has 1 N–H and O–H groups in total. The van der Waals surface area contributed by atoms with Crippen molar-refractivity contribution >= 4 is 11.8 Å². The van der Waals surface area contributed by atoms with E-state index in [0.29, 0.717) is 6.42 Å². The van der Waals surface area contributed by atoms with Gasteiger partial charge in [0.15, 0.2) is 5.78 Å². The Morgan fingerprint density at radius 2 is 2.33 bits per heavy atom. The van der Waals surface area contributed by atoms with Crippen LogP contribution in [0.5, 0.6) is 0 Å². The molecule has 0 aromatic rings. The number of hydrogen-bond donors (Lipinski definition) is 1. The normalized spacial score (nSPS) is 26.8. The van der Waals surface area contributed by atoms with Gasteiger partial charge in [-0.05, 0) is 19.3 Å². The lowest BCUT2D eigenvalue weighted by Gasteiger charge is -2.22. The quantitative estimate of drug-likeness (QED) is 0.561. The molecule has 1 aliphatic carbocycles. The summed E-state index contributed by atoms with van der Waals surface area (Å²) < 4.78 is 4.97. The lowest BCUT2D eigenvalue weighted by atomic mass is 9.87. The van der Waals surface area contributed by atoms with Crippen molar-refractivity contribution in [2.24, 2.45) is 5.92 Å². The summed E-state index contributed by atoms with van der Waals surface area (Å²) in [5.41, 5.74) is -0.170. The van der Waals surface area contributed by atoms with Gasteiger partial charge >= 0.3 is 5.97 Å². The standard InChI is InChI=1S/C11H14O4/c1-3-4-7-5-8(11(13)14)10(12)9(6-7)15-2/h3-5,7,9H,6H2,1-2H3,(H,13,14). The van der Waals surface area contributed by atoms with Gasteiger partial charge in [0.1, 0.15) is 11.7 Å². The van der Waals surface area contributed by atoms with Gasteiger partial charge in [-0.1, -0.05) is 18.2 Å². The minimum atomic E-state index is -1.18. The van der Waals surface area contributed by atoms with Crippen molar-refractivity contribution in [2.75, 3.05) is 7.11 Å². The van der Waals surface area contributed by atoms with E-state index in [0.717, 1.165) is 0 Å². The van der Waals surface area contributed by atoms with E-state index in [-0.39, 0.29) is 11.5 Å². The molecule has 0 saturated carbocycles. The summed E-state index contributed by atoms with van der Waals surface area (Å²) in [4.78, 5) is 22.4. The molecule has 4 nitrogen and oxygen atoms in total. The Hall–Kier alpha value is -1.42. The molecular weight excluding hydrogens is 196 g/mol. The summed E-state index contributed by atoms with van der Waals surface area (Å²) in [5.74, 6) is -1.66. The first-order valence-corrected chi connectivity index (χ1v) is 4.75.